The Morgan fingerprint density at radius 3 is 2.34 bits per heavy atom. The van der Waals surface area contributed by atoms with Crippen LogP contribution in [0.5, 0.6) is 0 Å². The lowest BCUT2D eigenvalue weighted by Gasteiger charge is -2.16. The lowest BCUT2D eigenvalue weighted by Crippen LogP contribution is -2.30. The highest BCUT2D eigenvalue weighted by molar-refractivity contribution is 5.96. The quantitative estimate of drug-likeness (QED) is 0.571. The molecular formula is C24H25NO4. The highest BCUT2D eigenvalue weighted by atomic mass is 16.5. The van der Waals surface area contributed by atoms with Crippen molar-refractivity contribution in [3.05, 3.63) is 77.6 Å². The van der Waals surface area contributed by atoms with Crippen molar-refractivity contribution in [3.63, 3.8) is 0 Å². The molecule has 29 heavy (non-hydrogen) atoms. The molecule has 0 saturated heterocycles. The molecule has 0 aliphatic carbocycles. The molecule has 1 heterocycles. The molecule has 5 nitrogen and oxygen atoms in total. The molecule has 0 spiro atoms. The van der Waals surface area contributed by atoms with Crippen molar-refractivity contribution < 1.29 is 18.7 Å². The molecule has 0 aliphatic rings. The van der Waals surface area contributed by atoms with Crippen LogP contribution in [0.3, 0.4) is 0 Å². The molecule has 5 heteroatoms. The minimum Gasteiger partial charge on any atom is -0.461 e. The van der Waals surface area contributed by atoms with Crippen LogP contribution < -0.4 is 5.32 Å². The van der Waals surface area contributed by atoms with Gasteiger partial charge in [-0.3, -0.25) is 9.59 Å². The molecular weight excluding hydrogens is 366 g/mol. The number of rotatable bonds is 7. The first-order valence-corrected chi connectivity index (χ1v) is 9.64. The van der Waals surface area contributed by atoms with Crippen LogP contribution >= 0.6 is 0 Å². The van der Waals surface area contributed by atoms with Gasteiger partial charge < -0.3 is 14.5 Å². The molecule has 1 amide bonds. The number of carbonyl (C=O) groups is 2. The Kier molecular flexibility index (Phi) is 6.50. The van der Waals surface area contributed by atoms with Crippen molar-refractivity contribution in [2.45, 2.75) is 39.7 Å². The zero-order valence-electron chi connectivity index (χ0n) is 16.9. The Bertz CT molecular complexity index is 971. The predicted octanol–water partition coefficient (Wildman–Crippen LogP) is 5.07. The number of nitrogens with one attached hydrogen (secondary N) is 1. The van der Waals surface area contributed by atoms with E-state index in [1.807, 2.05) is 74.5 Å². The van der Waals surface area contributed by atoms with Gasteiger partial charge in [-0.1, -0.05) is 48.5 Å². The first-order valence-electron chi connectivity index (χ1n) is 9.64. The van der Waals surface area contributed by atoms with Gasteiger partial charge in [0.2, 0.25) is 0 Å². The lowest BCUT2D eigenvalue weighted by atomic mass is 10.1. The second-order valence-corrected chi connectivity index (χ2v) is 7.02. The van der Waals surface area contributed by atoms with Gasteiger partial charge in [-0.05, 0) is 44.0 Å². The van der Waals surface area contributed by atoms with Crippen LogP contribution in [0, 0.1) is 13.8 Å². The normalized spacial score (nSPS) is 11.7. The molecule has 0 fully saturated rings. The van der Waals surface area contributed by atoms with Crippen LogP contribution in [0.1, 0.15) is 30.2 Å². The number of hydrogen-bond acceptors (Lipinski definition) is 4. The van der Waals surface area contributed by atoms with E-state index in [0.717, 1.165) is 28.1 Å². The minimum absolute atomic E-state index is 0.142. The maximum Gasteiger partial charge on any atom is 0.307 e. The van der Waals surface area contributed by atoms with Gasteiger partial charge in [0.1, 0.15) is 11.5 Å². The topological polar surface area (TPSA) is 68.5 Å². The molecule has 1 N–H and O–H groups in total. The molecule has 0 radical (unpaired) electrons. The Morgan fingerprint density at radius 2 is 1.66 bits per heavy atom. The molecule has 2 aromatic carbocycles. The maximum absolute atomic E-state index is 12.4. The van der Waals surface area contributed by atoms with Crippen molar-refractivity contribution in [2.24, 2.45) is 0 Å². The van der Waals surface area contributed by atoms with Gasteiger partial charge in [0, 0.05) is 17.7 Å². The number of aryl methyl sites for hydroxylation is 3. The van der Waals surface area contributed by atoms with E-state index in [9.17, 15) is 9.59 Å². The molecule has 1 aromatic heterocycles. The summed E-state index contributed by atoms with van der Waals surface area (Å²) in [5, 5.41) is 2.84. The van der Waals surface area contributed by atoms with E-state index in [-0.39, 0.29) is 12.3 Å². The molecule has 3 rings (SSSR count). The number of carbonyl (C=O) groups excluding carboxylic acids is 2. The van der Waals surface area contributed by atoms with Crippen molar-refractivity contribution in [3.8, 4) is 11.3 Å². The van der Waals surface area contributed by atoms with Gasteiger partial charge in [0.05, 0.1) is 6.42 Å². The van der Waals surface area contributed by atoms with Crippen LogP contribution in [0.15, 0.2) is 65.1 Å². The number of hydrogen-bond donors (Lipinski definition) is 1. The highest BCUT2D eigenvalue weighted by Gasteiger charge is 2.19. The van der Waals surface area contributed by atoms with Crippen LogP contribution in [0.25, 0.3) is 11.3 Å². The van der Waals surface area contributed by atoms with E-state index in [1.54, 1.807) is 6.92 Å². The fourth-order valence-electron chi connectivity index (χ4n) is 3.04. The lowest BCUT2D eigenvalue weighted by molar-refractivity contribution is -0.153. The third-order valence-corrected chi connectivity index (χ3v) is 4.70. The number of furan rings is 1. The Morgan fingerprint density at radius 1 is 0.966 bits per heavy atom. The monoisotopic (exact) mass is 391 g/mol. The Hall–Kier alpha value is -3.34. The fraction of sp³-hybridized carbons (Fsp3) is 0.250. The molecule has 1 atom stereocenters. The fourth-order valence-corrected chi connectivity index (χ4v) is 3.04. The van der Waals surface area contributed by atoms with E-state index in [0.29, 0.717) is 12.2 Å². The summed E-state index contributed by atoms with van der Waals surface area (Å²) in [5.41, 5.74) is 3.66. The molecule has 0 bridgehead atoms. The number of amides is 1. The van der Waals surface area contributed by atoms with Gasteiger partial charge >= 0.3 is 5.97 Å². The predicted molar refractivity (Wildman–Crippen MR) is 113 cm³/mol. The zero-order valence-corrected chi connectivity index (χ0v) is 16.9. The van der Waals surface area contributed by atoms with E-state index in [1.165, 1.54) is 0 Å². The van der Waals surface area contributed by atoms with Crippen LogP contribution in [0.4, 0.5) is 5.69 Å². The smallest absolute Gasteiger partial charge is 0.307 e. The highest BCUT2D eigenvalue weighted by Crippen LogP contribution is 2.23. The first-order chi connectivity index (χ1) is 13.9. The summed E-state index contributed by atoms with van der Waals surface area (Å²) in [4.78, 5) is 24.5. The summed E-state index contributed by atoms with van der Waals surface area (Å²) in [6.07, 6.45) is -0.322. The van der Waals surface area contributed by atoms with Gasteiger partial charge in [-0.25, -0.2) is 0 Å². The Labute approximate surface area is 170 Å². The van der Waals surface area contributed by atoms with E-state index in [4.69, 9.17) is 9.15 Å². The molecule has 3 aromatic rings. The summed E-state index contributed by atoms with van der Waals surface area (Å²) in [5.74, 6) is 0.677. The maximum atomic E-state index is 12.4. The van der Waals surface area contributed by atoms with Crippen molar-refractivity contribution in [2.75, 3.05) is 5.32 Å². The first kappa shape index (κ1) is 20.4. The summed E-state index contributed by atoms with van der Waals surface area (Å²) in [6.45, 7) is 5.42. The van der Waals surface area contributed by atoms with Crippen molar-refractivity contribution in [1.29, 1.82) is 0 Å². The van der Waals surface area contributed by atoms with Gasteiger partial charge in [0.25, 0.3) is 5.91 Å². The van der Waals surface area contributed by atoms with Crippen LogP contribution in [-0.2, 0) is 20.7 Å². The molecule has 150 valence electrons. The summed E-state index contributed by atoms with van der Waals surface area (Å²) >= 11 is 0. The average molecular weight is 391 g/mol. The summed E-state index contributed by atoms with van der Waals surface area (Å²) in [6, 6.07) is 19.3. The van der Waals surface area contributed by atoms with Gasteiger partial charge in [0.15, 0.2) is 6.10 Å². The summed E-state index contributed by atoms with van der Waals surface area (Å²) < 4.78 is 11.1. The van der Waals surface area contributed by atoms with Gasteiger partial charge in [-0.2, -0.15) is 0 Å². The zero-order chi connectivity index (χ0) is 20.8. The van der Waals surface area contributed by atoms with E-state index >= 15 is 0 Å². The van der Waals surface area contributed by atoms with Crippen LogP contribution in [-0.4, -0.2) is 18.0 Å². The Balaban J connectivity index is 1.50. The average Bonchev–Trinajstić information content (AvgIpc) is 3.19. The molecule has 0 saturated carbocycles. The molecule has 1 unspecified atom stereocenters. The van der Waals surface area contributed by atoms with E-state index in [2.05, 4.69) is 5.32 Å². The largest absolute Gasteiger partial charge is 0.461 e. The van der Waals surface area contributed by atoms with Crippen molar-refractivity contribution in [1.82, 2.24) is 0 Å². The number of para-hydroxylation sites is 1. The second kappa shape index (κ2) is 9.24. The number of anilines is 1. The minimum atomic E-state index is -0.877. The SMILES string of the molecule is Cc1cccc(C)c1NC(=O)C(C)OC(=O)CCc1ccc(-c2ccccc2)o1. The second-order valence-electron chi connectivity index (χ2n) is 7.02. The van der Waals surface area contributed by atoms with Crippen LogP contribution in [0.2, 0.25) is 0 Å². The number of benzene rings is 2. The van der Waals surface area contributed by atoms with E-state index < -0.39 is 12.1 Å². The van der Waals surface area contributed by atoms with Crippen molar-refractivity contribution >= 4 is 17.6 Å². The third-order valence-electron chi connectivity index (χ3n) is 4.70. The number of esters is 1. The van der Waals surface area contributed by atoms with Gasteiger partial charge in [-0.15, -0.1) is 0 Å². The third kappa shape index (κ3) is 5.35. The number of ether oxygens (including phenoxy) is 1. The molecule has 0 aliphatic heterocycles. The summed E-state index contributed by atoms with van der Waals surface area (Å²) in [7, 11) is 0. The standard InChI is InChI=1S/C24H25NO4/c1-16-8-7-9-17(2)23(16)25-24(27)18(3)28-22(26)15-13-20-12-14-21(29-20)19-10-5-4-6-11-19/h4-12,14,18H,13,15H2,1-3H3,(H,25,27).